The van der Waals surface area contributed by atoms with Crippen molar-refractivity contribution < 1.29 is 9.59 Å². The summed E-state index contributed by atoms with van der Waals surface area (Å²) in [6.07, 6.45) is 8.48. The van der Waals surface area contributed by atoms with Crippen molar-refractivity contribution in [2.45, 2.75) is 51.0 Å². The Hall–Kier alpha value is -2.76. The Morgan fingerprint density at radius 1 is 1.04 bits per heavy atom. The van der Waals surface area contributed by atoms with Gasteiger partial charge in [-0.1, -0.05) is 43.2 Å². The van der Waals surface area contributed by atoms with Crippen LogP contribution in [0, 0.1) is 5.92 Å². The van der Waals surface area contributed by atoms with Gasteiger partial charge in [-0.2, -0.15) is 0 Å². The molecule has 1 aromatic heterocycles. The lowest BCUT2D eigenvalue weighted by Gasteiger charge is -2.25. The molecule has 0 radical (unpaired) electrons. The molecule has 28 heavy (non-hydrogen) atoms. The van der Waals surface area contributed by atoms with Crippen LogP contribution in [0.2, 0.25) is 0 Å². The molecular formula is C22H26N4O2. The van der Waals surface area contributed by atoms with Crippen LogP contribution in [0.3, 0.4) is 0 Å². The van der Waals surface area contributed by atoms with E-state index >= 15 is 0 Å². The molecule has 1 aromatic carbocycles. The summed E-state index contributed by atoms with van der Waals surface area (Å²) >= 11 is 0. The third-order valence-corrected chi connectivity index (χ3v) is 5.77. The van der Waals surface area contributed by atoms with Crippen LogP contribution in [0.5, 0.6) is 0 Å². The van der Waals surface area contributed by atoms with E-state index in [4.69, 9.17) is 0 Å². The fraction of sp³-hybridized carbons (Fsp3) is 0.455. The predicted octanol–water partition coefficient (Wildman–Crippen LogP) is 3.65. The van der Waals surface area contributed by atoms with E-state index in [2.05, 4.69) is 15.3 Å². The first-order chi connectivity index (χ1) is 13.7. The van der Waals surface area contributed by atoms with Crippen LogP contribution in [0.25, 0.3) is 11.3 Å². The summed E-state index contributed by atoms with van der Waals surface area (Å²) in [5.41, 5.74) is 1.72. The number of carbonyl (C=O) groups is 2. The van der Waals surface area contributed by atoms with Gasteiger partial charge in [-0.25, -0.2) is 9.97 Å². The van der Waals surface area contributed by atoms with E-state index in [9.17, 15) is 9.59 Å². The molecule has 1 aliphatic carbocycles. The van der Waals surface area contributed by atoms with Crippen molar-refractivity contribution in [1.82, 2.24) is 14.9 Å². The number of hydrogen-bond donors (Lipinski definition) is 1. The predicted molar refractivity (Wildman–Crippen MR) is 107 cm³/mol. The molecule has 0 unspecified atom stereocenters. The standard InChI is InChI=1S/C22H26N4O2/c27-20(15-16-7-4-5-8-16)26-14-6-11-19(26)21(28)25-22-23-13-12-18(24-22)17-9-2-1-3-10-17/h1-3,9-10,12-13,16,19H,4-8,11,14-15H2,(H,23,24,25,28)/t19-/m0/s1. The van der Waals surface area contributed by atoms with Crippen LogP contribution < -0.4 is 5.32 Å². The van der Waals surface area contributed by atoms with Gasteiger partial charge < -0.3 is 4.90 Å². The smallest absolute Gasteiger partial charge is 0.249 e. The number of anilines is 1. The van der Waals surface area contributed by atoms with E-state index in [-0.39, 0.29) is 17.8 Å². The molecule has 1 N–H and O–H groups in total. The second kappa shape index (κ2) is 8.50. The van der Waals surface area contributed by atoms with Gasteiger partial charge in [0.05, 0.1) is 5.69 Å². The van der Waals surface area contributed by atoms with Crippen LogP contribution in [0.15, 0.2) is 42.6 Å². The van der Waals surface area contributed by atoms with Gasteiger partial charge in [-0.3, -0.25) is 14.9 Å². The molecule has 1 saturated heterocycles. The number of rotatable bonds is 5. The van der Waals surface area contributed by atoms with E-state index < -0.39 is 6.04 Å². The Balaban J connectivity index is 1.42. The lowest BCUT2D eigenvalue weighted by Crippen LogP contribution is -2.43. The molecule has 2 fully saturated rings. The van der Waals surface area contributed by atoms with Gasteiger partial charge >= 0.3 is 0 Å². The highest BCUT2D eigenvalue weighted by molar-refractivity contribution is 5.96. The monoisotopic (exact) mass is 378 g/mol. The van der Waals surface area contributed by atoms with Gasteiger partial charge in [0, 0.05) is 24.7 Å². The third-order valence-electron chi connectivity index (χ3n) is 5.77. The molecule has 2 aromatic rings. The summed E-state index contributed by atoms with van der Waals surface area (Å²) < 4.78 is 0. The maximum Gasteiger partial charge on any atom is 0.249 e. The van der Waals surface area contributed by atoms with Gasteiger partial charge in [0.25, 0.3) is 0 Å². The topological polar surface area (TPSA) is 75.2 Å². The molecular weight excluding hydrogens is 352 g/mol. The van der Waals surface area contributed by atoms with E-state index in [1.165, 1.54) is 12.8 Å². The zero-order valence-electron chi connectivity index (χ0n) is 16.0. The Morgan fingerprint density at radius 2 is 1.82 bits per heavy atom. The minimum absolute atomic E-state index is 0.114. The van der Waals surface area contributed by atoms with E-state index in [0.29, 0.717) is 25.3 Å². The van der Waals surface area contributed by atoms with Crippen molar-refractivity contribution in [3.63, 3.8) is 0 Å². The summed E-state index contributed by atoms with van der Waals surface area (Å²) in [4.78, 5) is 36.0. The summed E-state index contributed by atoms with van der Waals surface area (Å²) in [5, 5.41) is 2.82. The van der Waals surface area contributed by atoms with Gasteiger partial charge in [0.2, 0.25) is 17.8 Å². The fourth-order valence-corrected chi connectivity index (χ4v) is 4.30. The Labute approximate surface area is 165 Å². The molecule has 6 heteroatoms. The number of hydrogen-bond acceptors (Lipinski definition) is 4. The van der Waals surface area contributed by atoms with Crippen LogP contribution in [0.1, 0.15) is 44.9 Å². The Bertz CT molecular complexity index is 833. The van der Waals surface area contributed by atoms with Crippen LogP contribution in [-0.2, 0) is 9.59 Å². The molecule has 1 aliphatic heterocycles. The normalized spacial score (nSPS) is 19.7. The number of nitrogens with zero attached hydrogens (tertiary/aromatic N) is 3. The fourth-order valence-electron chi connectivity index (χ4n) is 4.30. The minimum atomic E-state index is -0.419. The maximum atomic E-state index is 12.8. The molecule has 6 nitrogen and oxygen atoms in total. The van der Waals surface area contributed by atoms with Crippen LogP contribution in [-0.4, -0.2) is 39.3 Å². The molecule has 2 heterocycles. The summed E-state index contributed by atoms with van der Waals surface area (Å²) in [6.45, 7) is 0.661. The maximum absolute atomic E-state index is 12.8. The number of carbonyl (C=O) groups excluding carboxylic acids is 2. The summed E-state index contributed by atoms with van der Waals surface area (Å²) in [7, 11) is 0. The molecule has 2 aliphatic rings. The van der Waals surface area contributed by atoms with E-state index in [1.807, 2.05) is 36.4 Å². The van der Waals surface area contributed by atoms with Crippen molar-refractivity contribution in [1.29, 1.82) is 0 Å². The lowest BCUT2D eigenvalue weighted by atomic mass is 10.0. The first-order valence-electron chi connectivity index (χ1n) is 10.2. The number of nitrogens with one attached hydrogen (secondary N) is 1. The number of likely N-dealkylation sites (tertiary alicyclic amines) is 1. The van der Waals surface area contributed by atoms with Crippen molar-refractivity contribution in [2.75, 3.05) is 11.9 Å². The number of aromatic nitrogens is 2. The van der Waals surface area contributed by atoms with E-state index in [0.717, 1.165) is 30.5 Å². The first kappa shape index (κ1) is 18.6. The van der Waals surface area contributed by atoms with Crippen LogP contribution in [0.4, 0.5) is 5.95 Å². The average Bonchev–Trinajstić information content (AvgIpc) is 3.41. The lowest BCUT2D eigenvalue weighted by molar-refractivity contribution is -0.137. The Kier molecular flexibility index (Phi) is 5.65. The molecule has 4 rings (SSSR count). The second-order valence-electron chi connectivity index (χ2n) is 7.72. The quantitative estimate of drug-likeness (QED) is 0.862. The first-order valence-corrected chi connectivity index (χ1v) is 10.2. The SMILES string of the molecule is O=C(Nc1nccc(-c2ccccc2)n1)[C@@H]1CCCN1C(=O)CC1CCCC1. The molecule has 146 valence electrons. The zero-order valence-corrected chi connectivity index (χ0v) is 16.0. The van der Waals surface area contributed by atoms with Gasteiger partial charge in [0.15, 0.2) is 0 Å². The summed E-state index contributed by atoms with van der Waals surface area (Å²) in [6, 6.07) is 11.2. The zero-order chi connectivity index (χ0) is 19.3. The third kappa shape index (κ3) is 4.21. The largest absolute Gasteiger partial charge is 0.331 e. The molecule has 1 saturated carbocycles. The van der Waals surface area contributed by atoms with Gasteiger partial charge in [0.1, 0.15) is 6.04 Å². The van der Waals surface area contributed by atoms with Crippen molar-refractivity contribution >= 4 is 17.8 Å². The van der Waals surface area contributed by atoms with Crippen LogP contribution >= 0.6 is 0 Å². The Morgan fingerprint density at radius 3 is 2.61 bits per heavy atom. The van der Waals surface area contributed by atoms with E-state index in [1.54, 1.807) is 11.1 Å². The van der Waals surface area contributed by atoms with Gasteiger partial charge in [-0.15, -0.1) is 0 Å². The molecule has 0 bridgehead atoms. The highest BCUT2D eigenvalue weighted by Crippen LogP contribution is 2.29. The highest BCUT2D eigenvalue weighted by Gasteiger charge is 2.35. The van der Waals surface area contributed by atoms with Gasteiger partial charge in [-0.05, 0) is 37.7 Å². The number of amides is 2. The van der Waals surface area contributed by atoms with Crippen molar-refractivity contribution in [2.24, 2.45) is 5.92 Å². The summed E-state index contributed by atoms with van der Waals surface area (Å²) in [5.74, 6) is 0.690. The highest BCUT2D eigenvalue weighted by atomic mass is 16.2. The molecule has 1 atom stereocenters. The molecule has 0 spiro atoms. The second-order valence-corrected chi connectivity index (χ2v) is 7.72. The number of benzene rings is 1. The van der Waals surface area contributed by atoms with Crippen molar-refractivity contribution in [3.05, 3.63) is 42.6 Å². The average molecular weight is 378 g/mol. The molecule has 2 amide bonds. The minimum Gasteiger partial charge on any atom is -0.331 e. The van der Waals surface area contributed by atoms with Crippen molar-refractivity contribution in [3.8, 4) is 11.3 Å².